The third-order valence-electron chi connectivity index (χ3n) is 3.21. The molecule has 4 nitrogen and oxygen atoms in total. The molecule has 0 saturated carbocycles. The molecule has 0 aliphatic heterocycles. The largest absolute Gasteiger partial charge is 0.355 e. The highest BCUT2D eigenvalue weighted by molar-refractivity contribution is 6.30. The number of nitrogens with zero attached hydrogens (tertiary/aromatic N) is 2. The Balaban J connectivity index is 1.69. The second-order valence-electron chi connectivity index (χ2n) is 5.26. The van der Waals surface area contributed by atoms with Crippen LogP contribution in [0.4, 0.5) is 0 Å². The van der Waals surface area contributed by atoms with E-state index < -0.39 is 0 Å². The molecule has 0 aliphatic rings. The van der Waals surface area contributed by atoms with Gasteiger partial charge in [0.2, 0.25) is 5.91 Å². The van der Waals surface area contributed by atoms with Crippen LogP contribution in [-0.2, 0) is 17.8 Å². The van der Waals surface area contributed by atoms with Gasteiger partial charge < -0.3 is 5.32 Å². The molecule has 0 saturated heterocycles. The second-order valence-corrected chi connectivity index (χ2v) is 5.70. The van der Waals surface area contributed by atoms with E-state index in [1.165, 1.54) is 0 Å². The van der Waals surface area contributed by atoms with Gasteiger partial charge in [-0.05, 0) is 42.8 Å². The molecule has 116 valence electrons. The molecule has 0 spiro atoms. The number of amides is 1. The third kappa shape index (κ3) is 5.84. The van der Waals surface area contributed by atoms with Crippen molar-refractivity contribution in [2.24, 2.45) is 0 Å². The lowest BCUT2D eigenvalue weighted by molar-refractivity contribution is -0.122. The van der Waals surface area contributed by atoms with Gasteiger partial charge in [-0.25, -0.2) is 0 Å². The lowest BCUT2D eigenvalue weighted by atomic mass is 10.1. The average Bonchev–Trinajstić information content (AvgIpc) is 2.48. The lowest BCUT2D eigenvalue weighted by Crippen LogP contribution is -2.35. The first kappa shape index (κ1) is 16.5. The molecule has 0 fully saturated rings. The number of carbonyl (C=O) groups is 1. The van der Waals surface area contributed by atoms with E-state index >= 15 is 0 Å². The number of likely N-dealkylation sites (N-methyl/N-ethyl adjacent to an activating group) is 1. The summed E-state index contributed by atoms with van der Waals surface area (Å²) in [5.41, 5.74) is 2.22. The summed E-state index contributed by atoms with van der Waals surface area (Å²) in [6, 6.07) is 11.6. The SMILES string of the molecule is CN(CC(=O)NCCc1cccc(Cl)c1)Cc1cccnc1. The van der Waals surface area contributed by atoms with Gasteiger partial charge in [0.05, 0.1) is 6.54 Å². The van der Waals surface area contributed by atoms with Crippen LogP contribution in [-0.4, -0.2) is 35.9 Å². The van der Waals surface area contributed by atoms with Crippen LogP contribution in [0.1, 0.15) is 11.1 Å². The summed E-state index contributed by atoms with van der Waals surface area (Å²) in [6.07, 6.45) is 4.33. The maximum atomic E-state index is 11.9. The molecule has 1 heterocycles. The number of pyridine rings is 1. The van der Waals surface area contributed by atoms with Gasteiger partial charge in [-0.2, -0.15) is 0 Å². The van der Waals surface area contributed by atoms with E-state index in [4.69, 9.17) is 11.6 Å². The molecule has 0 radical (unpaired) electrons. The van der Waals surface area contributed by atoms with Crippen LogP contribution in [0, 0.1) is 0 Å². The Kier molecular flexibility index (Phi) is 6.37. The van der Waals surface area contributed by atoms with Gasteiger partial charge in [0.15, 0.2) is 0 Å². The van der Waals surface area contributed by atoms with Crippen LogP contribution in [0.3, 0.4) is 0 Å². The van der Waals surface area contributed by atoms with E-state index in [0.29, 0.717) is 19.6 Å². The van der Waals surface area contributed by atoms with E-state index in [9.17, 15) is 4.79 Å². The summed E-state index contributed by atoms with van der Waals surface area (Å²) in [5, 5.41) is 3.65. The van der Waals surface area contributed by atoms with Crippen molar-refractivity contribution in [2.45, 2.75) is 13.0 Å². The second kappa shape index (κ2) is 8.51. The normalized spacial score (nSPS) is 10.7. The Morgan fingerprint density at radius 1 is 1.27 bits per heavy atom. The smallest absolute Gasteiger partial charge is 0.234 e. The van der Waals surface area contributed by atoms with E-state index in [1.807, 2.05) is 54.5 Å². The van der Waals surface area contributed by atoms with Crippen molar-refractivity contribution in [1.29, 1.82) is 0 Å². The Labute approximate surface area is 136 Å². The average molecular weight is 318 g/mol. The highest BCUT2D eigenvalue weighted by atomic mass is 35.5. The predicted octanol–water partition coefficient (Wildman–Crippen LogP) is 2.53. The Hall–Kier alpha value is -1.91. The monoisotopic (exact) mass is 317 g/mol. The Morgan fingerprint density at radius 2 is 2.09 bits per heavy atom. The fourth-order valence-electron chi connectivity index (χ4n) is 2.20. The molecule has 0 atom stereocenters. The number of nitrogens with one attached hydrogen (secondary N) is 1. The molecule has 5 heteroatoms. The number of carbonyl (C=O) groups excluding carboxylic acids is 1. The van der Waals surface area contributed by atoms with E-state index in [1.54, 1.807) is 6.20 Å². The van der Waals surface area contributed by atoms with Gasteiger partial charge in [-0.15, -0.1) is 0 Å². The van der Waals surface area contributed by atoms with Crippen LogP contribution in [0.15, 0.2) is 48.8 Å². The van der Waals surface area contributed by atoms with Crippen molar-refractivity contribution in [3.05, 3.63) is 64.9 Å². The first-order valence-corrected chi connectivity index (χ1v) is 7.60. The predicted molar refractivity (Wildman–Crippen MR) is 88.7 cm³/mol. The zero-order valence-electron chi connectivity index (χ0n) is 12.6. The first-order valence-electron chi connectivity index (χ1n) is 7.22. The highest BCUT2D eigenvalue weighted by Crippen LogP contribution is 2.10. The zero-order valence-corrected chi connectivity index (χ0v) is 13.4. The zero-order chi connectivity index (χ0) is 15.8. The van der Waals surface area contributed by atoms with E-state index in [2.05, 4.69) is 10.3 Å². The van der Waals surface area contributed by atoms with Crippen molar-refractivity contribution in [1.82, 2.24) is 15.2 Å². The molecule has 1 amide bonds. The Bertz CT molecular complexity index is 604. The number of hydrogen-bond acceptors (Lipinski definition) is 3. The van der Waals surface area contributed by atoms with Crippen molar-refractivity contribution >= 4 is 17.5 Å². The van der Waals surface area contributed by atoms with E-state index in [0.717, 1.165) is 22.6 Å². The summed E-state index contributed by atoms with van der Waals surface area (Å²) in [7, 11) is 1.92. The molecule has 2 aromatic rings. The standard InChI is InChI=1S/C17H20ClN3O/c1-21(12-15-5-3-8-19-11-15)13-17(22)20-9-7-14-4-2-6-16(18)10-14/h2-6,8,10-11H,7,9,12-13H2,1H3,(H,20,22). The van der Waals surface area contributed by atoms with Crippen LogP contribution >= 0.6 is 11.6 Å². The molecule has 1 aromatic carbocycles. The lowest BCUT2D eigenvalue weighted by Gasteiger charge is -2.16. The van der Waals surface area contributed by atoms with Crippen molar-refractivity contribution in [2.75, 3.05) is 20.1 Å². The molecule has 0 unspecified atom stereocenters. The van der Waals surface area contributed by atoms with Gasteiger partial charge in [0, 0.05) is 30.5 Å². The van der Waals surface area contributed by atoms with Gasteiger partial charge >= 0.3 is 0 Å². The summed E-state index contributed by atoms with van der Waals surface area (Å²) >= 11 is 5.93. The van der Waals surface area contributed by atoms with Gasteiger partial charge in [-0.1, -0.05) is 29.8 Å². The van der Waals surface area contributed by atoms with Crippen LogP contribution in [0.25, 0.3) is 0 Å². The van der Waals surface area contributed by atoms with E-state index in [-0.39, 0.29) is 5.91 Å². The summed E-state index contributed by atoms with van der Waals surface area (Å²) in [4.78, 5) is 17.9. The van der Waals surface area contributed by atoms with Gasteiger partial charge in [-0.3, -0.25) is 14.7 Å². The molecule has 0 bridgehead atoms. The number of benzene rings is 1. The van der Waals surface area contributed by atoms with Crippen molar-refractivity contribution < 1.29 is 4.79 Å². The van der Waals surface area contributed by atoms with Gasteiger partial charge in [0.25, 0.3) is 0 Å². The molecule has 2 rings (SSSR count). The minimum absolute atomic E-state index is 0.0217. The van der Waals surface area contributed by atoms with Crippen LogP contribution < -0.4 is 5.32 Å². The molecule has 1 aromatic heterocycles. The quantitative estimate of drug-likeness (QED) is 0.853. The fourth-order valence-corrected chi connectivity index (χ4v) is 2.41. The van der Waals surface area contributed by atoms with Crippen molar-refractivity contribution in [3.8, 4) is 0 Å². The topological polar surface area (TPSA) is 45.2 Å². The fraction of sp³-hybridized carbons (Fsp3) is 0.294. The Morgan fingerprint density at radius 3 is 2.82 bits per heavy atom. The van der Waals surface area contributed by atoms with Crippen LogP contribution in [0.2, 0.25) is 5.02 Å². The summed E-state index contributed by atoms with van der Waals surface area (Å²) in [6.45, 7) is 1.68. The van der Waals surface area contributed by atoms with Gasteiger partial charge in [0.1, 0.15) is 0 Å². The summed E-state index contributed by atoms with van der Waals surface area (Å²) in [5.74, 6) is 0.0217. The number of aromatic nitrogens is 1. The maximum Gasteiger partial charge on any atom is 0.234 e. The molecule has 0 aliphatic carbocycles. The first-order chi connectivity index (χ1) is 10.6. The number of rotatable bonds is 7. The number of halogens is 1. The minimum atomic E-state index is 0.0217. The third-order valence-corrected chi connectivity index (χ3v) is 3.45. The molecular weight excluding hydrogens is 298 g/mol. The maximum absolute atomic E-state index is 11.9. The molecule has 22 heavy (non-hydrogen) atoms. The molecular formula is C17H20ClN3O. The molecule has 1 N–H and O–H groups in total. The minimum Gasteiger partial charge on any atom is -0.355 e. The summed E-state index contributed by atoms with van der Waals surface area (Å²) < 4.78 is 0. The number of hydrogen-bond donors (Lipinski definition) is 1. The van der Waals surface area contributed by atoms with Crippen LogP contribution in [0.5, 0.6) is 0 Å². The highest BCUT2D eigenvalue weighted by Gasteiger charge is 2.06. The van der Waals surface area contributed by atoms with Crippen molar-refractivity contribution in [3.63, 3.8) is 0 Å².